The Morgan fingerprint density at radius 2 is 1.83 bits per heavy atom. The molecule has 3 saturated heterocycles. The minimum atomic E-state index is -0.166. The fraction of sp³-hybridized carbons (Fsp3) is 0.636. The molecule has 0 aromatic heterocycles. The van der Waals surface area contributed by atoms with Crippen molar-refractivity contribution in [1.29, 1.82) is 0 Å². The van der Waals surface area contributed by atoms with Crippen LogP contribution in [-0.2, 0) is 15.9 Å². The second kappa shape index (κ2) is 10.4. The van der Waals surface area contributed by atoms with E-state index in [0.29, 0.717) is 6.61 Å². The van der Waals surface area contributed by atoms with Gasteiger partial charge in [-0.05, 0) is 37.0 Å². The quantitative estimate of drug-likeness (QED) is 0.687. The Bertz CT molecular complexity index is 706. The number of nitrogens with one attached hydrogen (secondary N) is 1. The van der Waals surface area contributed by atoms with Gasteiger partial charge in [-0.2, -0.15) is 0 Å². The third kappa shape index (κ3) is 5.42. The first kappa shape index (κ1) is 21.3. The van der Waals surface area contributed by atoms with Crippen LogP contribution < -0.4 is 5.32 Å². The zero-order chi connectivity index (χ0) is 20.8. The maximum Gasteiger partial charge on any atom is 0.410 e. The van der Waals surface area contributed by atoms with Crippen molar-refractivity contribution in [2.24, 2.45) is 0 Å². The summed E-state index contributed by atoms with van der Waals surface area (Å²) >= 11 is 5.61. The van der Waals surface area contributed by atoms with Crippen molar-refractivity contribution in [1.82, 2.24) is 20.0 Å². The molecule has 0 saturated carbocycles. The summed E-state index contributed by atoms with van der Waals surface area (Å²) in [6.07, 6.45) is 2.52. The maximum atomic E-state index is 12.4. The maximum absolute atomic E-state index is 12.4. The van der Waals surface area contributed by atoms with Crippen LogP contribution >= 0.6 is 12.2 Å². The van der Waals surface area contributed by atoms with Gasteiger partial charge in [0.05, 0.1) is 19.3 Å². The Morgan fingerprint density at radius 1 is 1.10 bits per heavy atom. The number of cyclic esters (lactones) is 1. The van der Waals surface area contributed by atoms with Crippen molar-refractivity contribution in [3.63, 3.8) is 0 Å². The average Bonchev–Trinajstić information content (AvgIpc) is 3.15. The molecular weight excluding hydrogens is 400 g/mol. The van der Waals surface area contributed by atoms with Crippen LogP contribution in [0.1, 0.15) is 18.4 Å². The molecular formula is C22H32N4O3S. The number of nitrogens with zero attached hydrogens (tertiary/aromatic N) is 3. The SMILES string of the molecule is O=C1OCC(Cc2ccccc2)N1C1CCN(C(=S)NCCN2CCOCC2)CC1. The lowest BCUT2D eigenvalue weighted by atomic mass is 9.99. The standard InChI is InChI=1S/C22H32N4O3S/c27-22-26(20(17-29-22)16-18-4-2-1-3-5-18)19-6-9-25(10-7-19)21(30)23-8-11-24-12-14-28-15-13-24/h1-5,19-20H,6-17H2,(H,23,30). The third-order valence-corrected chi connectivity index (χ3v) is 6.67. The van der Waals surface area contributed by atoms with E-state index in [4.69, 9.17) is 21.7 Å². The number of morpholine rings is 1. The van der Waals surface area contributed by atoms with E-state index in [1.165, 1.54) is 5.56 Å². The van der Waals surface area contributed by atoms with Gasteiger partial charge in [-0.1, -0.05) is 30.3 Å². The molecule has 1 aromatic rings. The van der Waals surface area contributed by atoms with Crippen LogP contribution in [0.15, 0.2) is 30.3 Å². The lowest BCUT2D eigenvalue weighted by molar-refractivity contribution is 0.0388. The van der Waals surface area contributed by atoms with E-state index in [1.807, 2.05) is 23.1 Å². The minimum absolute atomic E-state index is 0.120. The Morgan fingerprint density at radius 3 is 2.57 bits per heavy atom. The number of carbonyl (C=O) groups is 1. The van der Waals surface area contributed by atoms with E-state index < -0.39 is 0 Å². The van der Waals surface area contributed by atoms with Crippen molar-refractivity contribution in [2.45, 2.75) is 31.3 Å². The zero-order valence-corrected chi connectivity index (χ0v) is 18.3. The van der Waals surface area contributed by atoms with E-state index in [-0.39, 0.29) is 18.2 Å². The van der Waals surface area contributed by atoms with Gasteiger partial charge in [-0.15, -0.1) is 0 Å². The molecule has 1 atom stereocenters. The molecule has 3 aliphatic heterocycles. The van der Waals surface area contributed by atoms with E-state index in [1.54, 1.807) is 0 Å². The lowest BCUT2D eigenvalue weighted by Crippen LogP contribution is -2.52. The van der Waals surface area contributed by atoms with Crippen LogP contribution in [0, 0.1) is 0 Å². The van der Waals surface area contributed by atoms with Gasteiger partial charge in [0.2, 0.25) is 0 Å². The van der Waals surface area contributed by atoms with Gasteiger partial charge < -0.3 is 19.7 Å². The van der Waals surface area contributed by atoms with Crippen LogP contribution in [0.25, 0.3) is 0 Å². The number of hydrogen-bond donors (Lipinski definition) is 1. The lowest BCUT2D eigenvalue weighted by Gasteiger charge is -2.39. The molecule has 30 heavy (non-hydrogen) atoms. The first-order valence-electron chi connectivity index (χ1n) is 11.0. The molecule has 1 unspecified atom stereocenters. The predicted molar refractivity (Wildman–Crippen MR) is 120 cm³/mol. The van der Waals surface area contributed by atoms with Crippen molar-refractivity contribution in [3.05, 3.63) is 35.9 Å². The largest absolute Gasteiger partial charge is 0.447 e. The number of piperidine rings is 1. The van der Waals surface area contributed by atoms with Gasteiger partial charge >= 0.3 is 6.09 Å². The first-order valence-corrected chi connectivity index (χ1v) is 11.4. The molecule has 0 radical (unpaired) electrons. The fourth-order valence-corrected chi connectivity index (χ4v) is 4.85. The van der Waals surface area contributed by atoms with Gasteiger partial charge in [0.25, 0.3) is 0 Å². The van der Waals surface area contributed by atoms with Crippen LogP contribution in [-0.4, -0.2) is 97.1 Å². The molecule has 3 aliphatic rings. The topological polar surface area (TPSA) is 57.3 Å². The number of ether oxygens (including phenoxy) is 2. The molecule has 0 aliphatic carbocycles. The van der Waals surface area contributed by atoms with E-state index in [0.717, 1.165) is 76.9 Å². The van der Waals surface area contributed by atoms with E-state index in [2.05, 4.69) is 27.2 Å². The number of rotatable bonds is 6. The number of hydrogen-bond acceptors (Lipinski definition) is 5. The van der Waals surface area contributed by atoms with Gasteiger partial charge in [0, 0.05) is 45.3 Å². The Hall–Kier alpha value is -1.90. The molecule has 1 amide bonds. The van der Waals surface area contributed by atoms with Crippen molar-refractivity contribution < 1.29 is 14.3 Å². The predicted octanol–water partition coefficient (Wildman–Crippen LogP) is 1.72. The van der Waals surface area contributed by atoms with Crippen molar-refractivity contribution in [3.8, 4) is 0 Å². The smallest absolute Gasteiger partial charge is 0.410 e. The van der Waals surface area contributed by atoms with Crippen LogP contribution in [0.4, 0.5) is 4.79 Å². The number of benzene rings is 1. The van der Waals surface area contributed by atoms with Gasteiger partial charge in [-0.25, -0.2) is 4.79 Å². The molecule has 7 nitrogen and oxygen atoms in total. The monoisotopic (exact) mass is 432 g/mol. The summed E-state index contributed by atoms with van der Waals surface area (Å²) in [6.45, 7) is 7.70. The summed E-state index contributed by atoms with van der Waals surface area (Å²) in [5.74, 6) is 0. The summed E-state index contributed by atoms with van der Waals surface area (Å²) < 4.78 is 10.8. The minimum Gasteiger partial charge on any atom is -0.447 e. The van der Waals surface area contributed by atoms with Crippen LogP contribution in [0.3, 0.4) is 0 Å². The van der Waals surface area contributed by atoms with Gasteiger partial charge in [0.15, 0.2) is 5.11 Å². The summed E-state index contributed by atoms with van der Waals surface area (Å²) in [7, 11) is 0. The second-order valence-electron chi connectivity index (χ2n) is 8.23. The number of amides is 1. The summed E-state index contributed by atoms with van der Waals surface area (Å²) in [5.41, 5.74) is 1.24. The van der Waals surface area contributed by atoms with Crippen molar-refractivity contribution >= 4 is 23.4 Å². The summed E-state index contributed by atoms with van der Waals surface area (Å²) in [5, 5.41) is 4.23. The van der Waals surface area contributed by atoms with Crippen LogP contribution in [0.2, 0.25) is 0 Å². The molecule has 1 N–H and O–H groups in total. The highest BCUT2D eigenvalue weighted by molar-refractivity contribution is 7.80. The average molecular weight is 433 g/mol. The fourth-order valence-electron chi connectivity index (χ4n) is 4.57. The number of thiocarbonyl (C=S) groups is 1. The number of likely N-dealkylation sites (tertiary alicyclic amines) is 1. The molecule has 4 rings (SSSR count). The molecule has 1 aromatic carbocycles. The summed E-state index contributed by atoms with van der Waals surface area (Å²) in [4.78, 5) is 19.0. The molecule has 164 valence electrons. The van der Waals surface area contributed by atoms with Crippen LogP contribution in [0.5, 0.6) is 0 Å². The third-order valence-electron chi connectivity index (χ3n) is 6.27. The van der Waals surface area contributed by atoms with Gasteiger partial charge in [-0.3, -0.25) is 9.80 Å². The molecule has 8 heteroatoms. The van der Waals surface area contributed by atoms with Crippen molar-refractivity contribution in [2.75, 3.05) is 59.1 Å². The normalized spacial score (nSPS) is 23.5. The molecule has 3 heterocycles. The zero-order valence-electron chi connectivity index (χ0n) is 17.5. The second-order valence-corrected chi connectivity index (χ2v) is 8.62. The Labute approximate surface area is 184 Å². The van der Waals surface area contributed by atoms with Gasteiger partial charge in [0.1, 0.15) is 6.61 Å². The highest BCUT2D eigenvalue weighted by Crippen LogP contribution is 2.26. The highest BCUT2D eigenvalue weighted by atomic mass is 32.1. The molecule has 0 spiro atoms. The first-order chi connectivity index (χ1) is 14.7. The van der Waals surface area contributed by atoms with E-state index >= 15 is 0 Å². The summed E-state index contributed by atoms with van der Waals surface area (Å²) in [6, 6.07) is 10.7. The Balaban J connectivity index is 1.22. The Kier molecular flexibility index (Phi) is 7.41. The van der Waals surface area contributed by atoms with E-state index in [9.17, 15) is 4.79 Å². The number of carbonyl (C=O) groups excluding carboxylic acids is 1. The highest BCUT2D eigenvalue weighted by Gasteiger charge is 2.39. The molecule has 3 fully saturated rings. The molecule has 0 bridgehead atoms.